The minimum absolute atomic E-state index is 0.108. The predicted octanol–water partition coefficient (Wildman–Crippen LogP) is 3.78. The van der Waals surface area contributed by atoms with Gasteiger partial charge in [0, 0.05) is 5.41 Å². The number of aliphatic hydroxyl groups excluding tert-OH is 1. The molecule has 2 aliphatic carbocycles. The molecule has 1 N–H and O–H groups in total. The van der Waals surface area contributed by atoms with Crippen LogP contribution in [0.25, 0.3) is 0 Å². The Bertz CT molecular complexity index is 292. The van der Waals surface area contributed by atoms with E-state index in [1.165, 1.54) is 31.3 Å². The van der Waals surface area contributed by atoms with Gasteiger partial charge in [-0.05, 0) is 50.4 Å². The Morgan fingerprint density at radius 3 is 2.56 bits per heavy atom. The molecule has 3 unspecified atom stereocenters. The molecule has 2 aliphatic rings. The molecule has 0 aromatic carbocycles. The average molecular weight is 222 g/mol. The Hall–Kier alpha value is -0.300. The van der Waals surface area contributed by atoms with Crippen molar-refractivity contribution in [1.29, 1.82) is 0 Å². The smallest absolute Gasteiger partial charge is 0.0664 e. The van der Waals surface area contributed by atoms with E-state index >= 15 is 0 Å². The van der Waals surface area contributed by atoms with Crippen molar-refractivity contribution in [2.24, 2.45) is 23.2 Å². The SMILES string of the molecule is CC1=CC2(CC1)C(O)C(C(C)C)CC[C@@H]2C. The molecule has 1 heteroatoms. The second kappa shape index (κ2) is 4.18. The molecule has 4 atom stereocenters. The quantitative estimate of drug-likeness (QED) is 0.669. The lowest BCUT2D eigenvalue weighted by Crippen LogP contribution is -2.48. The Kier molecular flexibility index (Phi) is 3.18. The molecule has 0 heterocycles. The van der Waals surface area contributed by atoms with Crippen LogP contribution in [0.1, 0.15) is 53.4 Å². The second-order valence-electron chi connectivity index (χ2n) is 6.43. The monoisotopic (exact) mass is 222 g/mol. The highest BCUT2D eigenvalue weighted by Crippen LogP contribution is 2.53. The van der Waals surface area contributed by atoms with Gasteiger partial charge in [-0.3, -0.25) is 0 Å². The summed E-state index contributed by atoms with van der Waals surface area (Å²) in [5, 5.41) is 10.7. The van der Waals surface area contributed by atoms with Crippen molar-refractivity contribution in [1.82, 2.24) is 0 Å². The summed E-state index contributed by atoms with van der Waals surface area (Å²) in [5.41, 5.74) is 1.59. The van der Waals surface area contributed by atoms with E-state index in [-0.39, 0.29) is 11.5 Å². The molecule has 0 saturated heterocycles. The molecule has 0 amide bonds. The van der Waals surface area contributed by atoms with Crippen LogP contribution in [-0.4, -0.2) is 11.2 Å². The third-order valence-electron chi connectivity index (χ3n) is 5.13. The lowest BCUT2D eigenvalue weighted by Gasteiger charge is -2.48. The van der Waals surface area contributed by atoms with E-state index in [4.69, 9.17) is 0 Å². The minimum Gasteiger partial charge on any atom is -0.392 e. The molecule has 0 aromatic rings. The zero-order valence-electron chi connectivity index (χ0n) is 11.2. The van der Waals surface area contributed by atoms with Gasteiger partial charge in [-0.2, -0.15) is 0 Å². The fourth-order valence-corrected chi connectivity index (χ4v) is 3.90. The van der Waals surface area contributed by atoms with Gasteiger partial charge in [-0.25, -0.2) is 0 Å². The van der Waals surface area contributed by atoms with Gasteiger partial charge in [0.05, 0.1) is 6.10 Å². The molecular weight excluding hydrogens is 196 g/mol. The Morgan fingerprint density at radius 1 is 1.38 bits per heavy atom. The van der Waals surface area contributed by atoms with Crippen LogP contribution < -0.4 is 0 Å². The first-order valence-electron chi connectivity index (χ1n) is 6.84. The molecule has 1 nitrogen and oxygen atoms in total. The van der Waals surface area contributed by atoms with Crippen molar-refractivity contribution in [3.8, 4) is 0 Å². The molecule has 0 aliphatic heterocycles. The van der Waals surface area contributed by atoms with E-state index < -0.39 is 0 Å². The molecule has 16 heavy (non-hydrogen) atoms. The third kappa shape index (κ3) is 1.73. The maximum Gasteiger partial charge on any atom is 0.0664 e. The molecular formula is C15H26O. The summed E-state index contributed by atoms with van der Waals surface area (Å²) in [6.07, 6.45) is 7.12. The molecule has 1 saturated carbocycles. The van der Waals surface area contributed by atoms with Gasteiger partial charge >= 0.3 is 0 Å². The van der Waals surface area contributed by atoms with E-state index in [2.05, 4.69) is 33.8 Å². The summed E-state index contributed by atoms with van der Waals surface area (Å²) in [5.74, 6) is 1.75. The summed E-state index contributed by atoms with van der Waals surface area (Å²) >= 11 is 0. The fraction of sp³-hybridized carbons (Fsp3) is 0.867. The van der Waals surface area contributed by atoms with Gasteiger partial charge in [0.2, 0.25) is 0 Å². The first-order valence-corrected chi connectivity index (χ1v) is 6.84. The largest absolute Gasteiger partial charge is 0.392 e. The number of aliphatic hydroxyl groups is 1. The van der Waals surface area contributed by atoms with E-state index in [1.54, 1.807) is 0 Å². The van der Waals surface area contributed by atoms with Crippen LogP contribution >= 0.6 is 0 Å². The highest BCUT2D eigenvalue weighted by molar-refractivity contribution is 5.20. The van der Waals surface area contributed by atoms with Gasteiger partial charge in [0.25, 0.3) is 0 Å². The van der Waals surface area contributed by atoms with Gasteiger partial charge in [0.1, 0.15) is 0 Å². The van der Waals surface area contributed by atoms with Crippen molar-refractivity contribution in [2.75, 3.05) is 0 Å². The summed E-state index contributed by atoms with van der Waals surface area (Å²) in [4.78, 5) is 0. The predicted molar refractivity (Wildman–Crippen MR) is 68.2 cm³/mol. The standard InChI is InChI=1S/C15H26O/c1-10(2)13-6-5-12(4)15(14(13)16)8-7-11(3)9-15/h9-10,12-14,16H,5-8H2,1-4H3/t12-,13?,14?,15?/m0/s1. The van der Waals surface area contributed by atoms with E-state index in [0.717, 1.165) is 0 Å². The third-order valence-corrected chi connectivity index (χ3v) is 5.13. The summed E-state index contributed by atoms with van der Waals surface area (Å²) < 4.78 is 0. The van der Waals surface area contributed by atoms with Crippen LogP contribution in [0, 0.1) is 23.2 Å². The van der Waals surface area contributed by atoms with Crippen molar-refractivity contribution < 1.29 is 5.11 Å². The minimum atomic E-state index is -0.117. The molecule has 0 radical (unpaired) electrons. The van der Waals surface area contributed by atoms with Crippen molar-refractivity contribution in [3.63, 3.8) is 0 Å². The number of hydrogen-bond donors (Lipinski definition) is 1. The molecule has 92 valence electrons. The summed E-state index contributed by atoms with van der Waals surface area (Å²) in [6.45, 7) is 9.05. The van der Waals surface area contributed by atoms with Crippen LogP contribution in [-0.2, 0) is 0 Å². The fourth-order valence-electron chi connectivity index (χ4n) is 3.90. The van der Waals surface area contributed by atoms with Gasteiger partial charge < -0.3 is 5.11 Å². The van der Waals surface area contributed by atoms with Crippen LogP contribution in [0.4, 0.5) is 0 Å². The first-order chi connectivity index (χ1) is 7.47. The molecule has 1 fully saturated rings. The van der Waals surface area contributed by atoms with Crippen molar-refractivity contribution >= 4 is 0 Å². The zero-order valence-corrected chi connectivity index (χ0v) is 11.2. The van der Waals surface area contributed by atoms with Crippen molar-refractivity contribution in [3.05, 3.63) is 11.6 Å². The highest BCUT2D eigenvalue weighted by Gasteiger charge is 2.49. The maximum atomic E-state index is 10.7. The Labute approximate surface area is 99.9 Å². The van der Waals surface area contributed by atoms with Gasteiger partial charge in [-0.15, -0.1) is 0 Å². The zero-order chi connectivity index (χ0) is 11.9. The molecule has 0 aromatic heterocycles. The Morgan fingerprint density at radius 2 is 2.06 bits per heavy atom. The number of hydrogen-bond acceptors (Lipinski definition) is 1. The highest BCUT2D eigenvalue weighted by atomic mass is 16.3. The van der Waals surface area contributed by atoms with Gasteiger partial charge in [-0.1, -0.05) is 32.4 Å². The lowest BCUT2D eigenvalue weighted by atomic mass is 9.59. The van der Waals surface area contributed by atoms with Crippen LogP contribution in [0.3, 0.4) is 0 Å². The lowest BCUT2D eigenvalue weighted by molar-refractivity contribution is -0.0704. The number of rotatable bonds is 1. The van der Waals surface area contributed by atoms with E-state index in [9.17, 15) is 5.11 Å². The summed E-state index contributed by atoms with van der Waals surface area (Å²) in [6, 6.07) is 0. The van der Waals surface area contributed by atoms with Crippen LogP contribution in [0.5, 0.6) is 0 Å². The van der Waals surface area contributed by atoms with E-state index in [0.29, 0.717) is 17.8 Å². The molecule has 1 spiro atoms. The Balaban J connectivity index is 2.28. The topological polar surface area (TPSA) is 20.2 Å². The normalized spacial score (nSPS) is 44.1. The van der Waals surface area contributed by atoms with Crippen LogP contribution in [0.15, 0.2) is 11.6 Å². The first kappa shape index (κ1) is 12.2. The van der Waals surface area contributed by atoms with E-state index in [1.807, 2.05) is 0 Å². The average Bonchev–Trinajstić information content (AvgIpc) is 2.59. The molecule has 2 rings (SSSR count). The number of allylic oxidation sites excluding steroid dienone is 1. The van der Waals surface area contributed by atoms with Crippen LogP contribution in [0.2, 0.25) is 0 Å². The van der Waals surface area contributed by atoms with Crippen molar-refractivity contribution in [2.45, 2.75) is 59.5 Å². The van der Waals surface area contributed by atoms with Gasteiger partial charge in [0.15, 0.2) is 0 Å². The second-order valence-corrected chi connectivity index (χ2v) is 6.43. The maximum absolute atomic E-state index is 10.7. The molecule has 0 bridgehead atoms. The summed E-state index contributed by atoms with van der Waals surface area (Å²) in [7, 11) is 0.